The summed E-state index contributed by atoms with van der Waals surface area (Å²) in [6.07, 6.45) is 0.944. The van der Waals surface area contributed by atoms with Crippen LogP contribution in [-0.2, 0) is 4.79 Å². The van der Waals surface area contributed by atoms with Crippen molar-refractivity contribution in [2.24, 2.45) is 5.92 Å². The second-order valence-corrected chi connectivity index (χ2v) is 4.20. The Labute approximate surface area is 103 Å². The summed E-state index contributed by atoms with van der Waals surface area (Å²) in [5, 5.41) is 0. The molecule has 0 saturated carbocycles. The van der Waals surface area contributed by atoms with Crippen molar-refractivity contribution in [3.63, 3.8) is 0 Å². The summed E-state index contributed by atoms with van der Waals surface area (Å²) >= 11 is 0. The third kappa shape index (κ3) is 4.47. The summed E-state index contributed by atoms with van der Waals surface area (Å²) < 4.78 is 11.0. The van der Waals surface area contributed by atoms with E-state index in [4.69, 9.17) is 9.47 Å². The standard InChI is InChI=1S/C14H20O3/c1-4-9-16-13-7-5-6-8-14(13)17-10-12(15)11(2)3/h5-8,11H,4,9-10H2,1-3H3. The lowest BCUT2D eigenvalue weighted by Crippen LogP contribution is -2.17. The minimum absolute atomic E-state index is 0.00118. The first-order valence-electron chi connectivity index (χ1n) is 6.02. The molecule has 0 spiro atoms. The first kappa shape index (κ1) is 13.6. The lowest BCUT2D eigenvalue weighted by atomic mass is 10.1. The number of hydrogen-bond acceptors (Lipinski definition) is 3. The van der Waals surface area contributed by atoms with Crippen LogP contribution in [0.2, 0.25) is 0 Å². The molecule has 0 saturated heterocycles. The monoisotopic (exact) mass is 236 g/mol. The smallest absolute Gasteiger partial charge is 0.172 e. The van der Waals surface area contributed by atoms with Crippen LogP contribution < -0.4 is 9.47 Å². The molecule has 3 nitrogen and oxygen atoms in total. The van der Waals surface area contributed by atoms with Crippen LogP contribution in [0.3, 0.4) is 0 Å². The Morgan fingerprint density at radius 3 is 2.29 bits per heavy atom. The van der Waals surface area contributed by atoms with Crippen LogP contribution in [0.25, 0.3) is 0 Å². The predicted molar refractivity (Wildman–Crippen MR) is 67.6 cm³/mol. The summed E-state index contributed by atoms with van der Waals surface area (Å²) in [5.74, 6) is 1.43. The molecule has 0 amide bonds. The average Bonchev–Trinajstić information content (AvgIpc) is 2.34. The molecule has 1 aromatic carbocycles. The van der Waals surface area contributed by atoms with Gasteiger partial charge in [0.05, 0.1) is 6.61 Å². The van der Waals surface area contributed by atoms with Crippen molar-refractivity contribution in [3.05, 3.63) is 24.3 Å². The summed E-state index contributed by atoms with van der Waals surface area (Å²) in [6.45, 7) is 6.53. The van der Waals surface area contributed by atoms with Gasteiger partial charge in [-0.05, 0) is 18.6 Å². The number of carbonyl (C=O) groups is 1. The zero-order valence-corrected chi connectivity index (χ0v) is 10.7. The largest absolute Gasteiger partial charge is 0.490 e. The number of Topliss-reactive ketones (excluding diaryl/α,β-unsaturated/α-hetero) is 1. The van der Waals surface area contributed by atoms with Crippen LogP contribution in [-0.4, -0.2) is 19.0 Å². The zero-order chi connectivity index (χ0) is 12.7. The molecule has 0 atom stereocenters. The highest BCUT2D eigenvalue weighted by Crippen LogP contribution is 2.26. The van der Waals surface area contributed by atoms with Crippen molar-refractivity contribution in [1.29, 1.82) is 0 Å². The van der Waals surface area contributed by atoms with Gasteiger partial charge in [0.15, 0.2) is 17.3 Å². The van der Waals surface area contributed by atoms with Gasteiger partial charge in [0.2, 0.25) is 0 Å². The summed E-state index contributed by atoms with van der Waals surface area (Å²) in [5.41, 5.74) is 0. The SMILES string of the molecule is CCCOc1ccccc1OCC(=O)C(C)C. The van der Waals surface area contributed by atoms with Crippen LogP contribution >= 0.6 is 0 Å². The Hall–Kier alpha value is -1.51. The maximum Gasteiger partial charge on any atom is 0.172 e. The van der Waals surface area contributed by atoms with E-state index in [1.807, 2.05) is 45.0 Å². The maximum atomic E-state index is 11.5. The highest BCUT2D eigenvalue weighted by molar-refractivity contribution is 5.81. The molecule has 0 N–H and O–H groups in total. The van der Waals surface area contributed by atoms with Gasteiger partial charge in [0.25, 0.3) is 0 Å². The Kier molecular flexibility index (Phi) is 5.53. The van der Waals surface area contributed by atoms with Crippen LogP contribution in [0, 0.1) is 5.92 Å². The summed E-state index contributed by atoms with van der Waals surface area (Å²) in [6, 6.07) is 7.43. The molecule has 0 fully saturated rings. The molecule has 1 rings (SSSR count). The lowest BCUT2D eigenvalue weighted by Gasteiger charge is -2.12. The van der Waals surface area contributed by atoms with E-state index in [1.54, 1.807) is 0 Å². The van der Waals surface area contributed by atoms with Gasteiger partial charge in [-0.25, -0.2) is 0 Å². The number of ketones is 1. The van der Waals surface area contributed by atoms with Gasteiger partial charge in [0, 0.05) is 5.92 Å². The maximum absolute atomic E-state index is 11.5. The van der Waals surface area contributed by atoms with Gasteiger partial charge in [0.1, 0.15) is 6.61 Å². The molecule has 1 aromatic rings. The molecule has 0 aliphatic carbocycles. The Morgan fingerprint density at radius 1 is 1.18 bits per heavy atom. The number of carbonyl (C=O) groups excluding carboxylic acids is 1. The zero-order valence-electron chi connectivity index (χ0n) is 10.7. The van der Waals surface area contributed by atoms with E-state index in [2.05, 4.69) is 0 Å². The van der Waals surface area contributed by atoms with Crippen molar-refractivity contribution in [2.45, 2.75) is 27.2 Å². The van der Waals surface area contributed by atoms with E-state index >= 15 is 0 Å². The molecule has 0 unspecified atom stereocenters. The molecule has 0 aliphatic heterocycles. The number of hydrogen-bond donors (Lipinski definition) is 0. The first-order chi connectivity index (χ1) is 8.15. The van der Waals surface area contributed by atoms with Crippen molar-refractivity contribution in [2.75, 3.05) is 13.2 Å². The van der Waals surface area contributed by atoms with Gasteiger partial charge in [-0.3, -0.25) is 4.79 Å². The van der Waals surface area contributed by atoms with Crippen LogP contribution in [0.4, 0.5) is 0 Å². The van der Waals surface area contributed by atoms with Crippen molar-refractivity contribution in [1.82, 2.24) is 0 Å². The fourth-order valence-corrected chi connectivity index (χ4v) is 1.22. The quantitative estimate of drug-likeness (QED) is 0.729. The number of rotatable bonds is 7. The molecule has 0 heterocycles. The van der Waals surface area contributed by atoms with Crippen LogP contribution in [0.15, 0.2) is 24.3 Å². The molecule has 0 aliphatic rings. The molecule has 3 heteroatoms. The van der Waals surface area contributed by atoms with Gasteiger partial charge in [-0.2, -0.15) is 0 Å². The second-order valence-electron chi connectivity index (χ2n) is 4.20. The molecule has 17 heavy (non-hydrogen) atoms. The van der Waals surface area contributed by atoms with Crippen molar-refractivity contribution < 1.29 is 14.3 Å². The average molecular weight is 236 g/mol. The second kappa shape index (κ2) is 6.94. The van der Waals surface area contributed by atoms with E-state index in [-0.39, 0.29) is 18.3 Å². The third-order valence-electron chi connectivity index (χ3n) is 2.32. The number of benzene rings is 1. The molecule has 0 aromatic heterocycles. The molecule has 0 radical (unpaired) electrons. The Bertz CT molecular complexity index is 358. The highest BCUT2D eigenvalue weighted by Gasteiger charge is 2.10. The van der Waals surface area contributed by atoms with Crippen molar-refractivity contribution in [3.8, 4) is 11.5 Å². The number of ether oxygens (including phenoxy) is 2. The lowest BCUT2D eigenvalue weighted by molar-refractivity contribution is -0.123. The minimum Gasteiger partial charge on any atom is -0.490 e. The number of para-hydroxylation sites is 2. The van der Waals surface area contributed by atoms with E-state index in [0.29, 0.717) is 18.1 Å². The topological polar surface area (TPSA) is 35.5 Å². The van der Waals surface area contributed by atoms with E-state index in [9.17, 15) is 4.79 Å². The Morgan fingerprint density at radius 2 is 1.76 bits per heavy atom. The fraction of sp³-hybridized carbons (Fsp3) is 0.500. The van der Waals surface area contributed by atoms with Gasteiger partial charge < -0.3 is 9.47 Å². The Balaban J connectivity index is 2.60. The molecule has 0 bridgehead atoms. The van der Waals surface area contributed by atoms with E-state index < -0.39 is 0 Å². The highest BCUT2D eigenvalue weighted by atomic mass is 16.5. The first-order valence-corrected chi connectivity index (χ1v) is 6.02. The fourth-order valence-electron chi connectivity index (χ4n) is 1.22. The van der Waals surface area contributed by atoms with Gasteiger partial charge in [-0.15, -0.1) is 0 Å². The van der Waals surface area contributed by atoms with Gasteiger partial charge >= 0.3 is 0 Å². The van der Waals surface area contributed by atoms with E-state index in [0.717, 1.165) is 6.42 Å². The normalized spacial score (nSPS) is 10.4. The van der Waals surface area contributed by atoms with Crippen LogP contribution in [0.1, 0.15) is 27.2 Å². The predicted octanol–water partition coefficient (Wildman–Crippen LogP) is 3.08. The third-order valence-corrected chi connectivity index (χ3v) is 2.32. The van der Waals surface area contributed by atoms with Crippen LogP contribution in [0.5, 0.6) is 11.5 Å². The van der Waals surface area contributed by atoms with Gasteiger partial charge in [-0.1, -0.05) is 32.9 Å². The van der Waals surface area contributed by atoms with E-state index in [1.165, 1.54) is 0 Å². The molecule has 94 valence electrons. The minimum atomic E-state index is -0.00118. The molecular weight excluding hydrogens is 216 g/mol. The van der Waals surface area contributed by atoms with Crippen molar-refractivity contribution >= 4 is 5.78 Å². The summed E-state index contributed by atoms with van der Waals surface area (Å²) in [7, 11) is 0. The summed E-state index contributed by atoms with van der Waals surface area (Å²) in [4.78, 5) is 11.5. The molecular formula is C14H20O3.